The van der Waals surface area contributed by atoms with E-state index in [1.54, 1.807) is 0 Å². The molecule has 374 valence electrons. The van der Waals surface area contributed by atoms with Gasteiger partial charge in [-0.25, -0.2) is 79.0 Å². The van der Waals surface area contributed by atoms with Crippen LogP contribution in [0.3, 0.4) is 0 Å². The second-order valence-electron chi connectivity index (χ2n) is 19.4. The molecule has 0 N–H and O–H groups in total. The summed E-state index contributed by atoms with van der Waals surface area (Å²) >= 11 is 0. The molecule has 0 atom stereocenters. The predicted octanol–water partition coefficient (Wildman–Crippen LogP) is 11.9. The van der Waals surface area contributed by atoms with Gasteiger partial charge in [0, 0.05) is 43.9 Å². The molecule has 0 saturated carbocycles. The molecule has 0 bridgehead atoms. The summed E-state index contributed by atoms with van der Waals surface area (Å²) in [5, 5.41) is 0.335. The van der Waals surface area contributed by atoms with E-state index < -0.39 is 173 Å². The van der Waals surface area contributed by atoms with Crippen molar-refractivity contribution in [2.75, 3.05) is 0 Å². The largest absolute Gasteiger partial charge is 0.456 e. The van der Waals surface area contributed by atoms with Crippen LogP contribution in [0.5, 0.6) is 11.5 Å². The Morgan fingerprint density at radius 3 is 1.08 bits per heavy atom. The van der Waals surface area contributed by atoms with Gasteiger partial charge in [-0.05, 0) is 50.8 Å². The standard InChI is InChI=1S/C52H28B2F18O/c1-51(2,3)27-33(55)37(59)29(38(60)34(27)56)53(31-41(63)45(67)49(71)46(68)42(31)64)18-11-10-17-14-23-20-13-12-19(16-25(20)73-24-9-7-8-21(26(23)24)22(17)15-18)54(32-43(65)47(69)50(72)48(70)44(32)66)30-39(61)35(57)28(52(4,5)6)36(58)40(30)62/h7-16H,1-6H3. The van der Waals surface area contributed by atoms with Crippen molar-refractivity contribution in [1.82, 2.24) is 0 Å². The van der Waals surface area contributed by atoms with E-state index in [2.05, 4.69) is 0 Å². The lowest BCUT2D eigenvalue weighted by Gasteiger charge is -2.27. The Balaban J connectivity index is 1.28. The number of halogens is 18. The van der Waals surface area contributed by atoms with E-state index in [0.717, 1.165) is 36.4 Å². The quantitative estimate of drug-likeness (QED) is 0.0530. The smallest absolute Gasteiger partial charge is 0.257 e. The van der Waals surface area contributed by atoms with Gasteiger partial charge in [-0.15, -0.1) is 0 Å². The van der Waals surface area contributed by atoms with Crippen LogP contribution in [0, 0.1) is 105 Å². The average molecular weight is 1030 g/mol. The number of benzene rings is 8. The maximum Gasteiger partial charge on any atom is 0.257 e. The van der Waals surface area contributed by atoms with Gasteiger partial charge < -0.3 is 4.74 Å². The molecule has 1 aliphatic rings. The number of fused-ring (bicyclic) bond motifs is 4. The highest BCUT2D eigenvalue weighted by Gasteiger charge is 2.44. The second kappa shape index (κ2) is 17.3. The first-order valence-corrected chi connectivity index (χ1v) is 21.6. The molecule has 0 aromatic heterocycles. The SMILES string of the molecule is CC(C)(C)c1c(F)c(F)c(B(c2ccc3c(c2)Oc2cccc4c2c-3cc2ccc(B(c3c(F)c(F)c(F)c(F)c3F)c3c(F)c(F)c(C(C)(C)C)c(F)c3F)cc24)c2c(F)c(F)c(F)c(F)c2F)c(F)c1F. The van der Waals surface area contributed by atoms with E-state index >= 15 is 52.7 Å². The van der Waals surface area contributed by atoms with Gasteiger partial charge in [-0.1, -0.05) is 94.9 Å². The minimum absolute atomic E-state index is 0.0104. The molecule has 73 heavy (non-hydrogen) atoms. The topological polar surface area (TPSA) is 9.23 Å². The highest BCUT2D eigenvalue weighted by Crippen LogP contribution is 2.48. The summed E-state index contributed by atoms with van der Waals surface area (Å²) in [5.74, 6) is -43.5. The zero-order valence-corrected chi connectivity index (χ0v) is 38.1. The van der Waals surface area contributed by atoms with Crippen molar-refractivity contribution in [3.63, 3.8) is 0 Å². The van der Waals surface area contributed by atoms with E-state index in [0.29, 0.717) is 0 Å². The molecule has 1 heterocycles. The van der Waals surface area contributed by atoms with E-state index in [-0.39, 0.29) is 44.2 Å². The fourth-order valence-electron chi connectivity index (χ4n) is 9.64. The lowest BCUT2D eigenvalue weighted by atomic mass is 9.36. The fourth-order valence-corrected chi connectivity index (χ4v) is 9.64. The average Bonchev–Trinajstić information content (AvgIpc) is 3.33. The zero-order chi connectivity index (χ0) is 53.6. The minimum atomic E-state index is -2.82. The maximum atomic E-state index is 16.3. The Hall–Kier alpha value is -7.05. The molecule has 0 radical (unpaired) electrons. The molecule has 0 amide bonds. The third-order valence-electron chi connectivity index (χ3n) is 12.9. The van der Waals surface area contributed by atoms with Crippen molar-refractivity contribution >= 4 is 67.7 Å². The first-order valence-electron chi connectivity index (χ1n) is 21.6. The van der Waals surface area contributed by atoms with Gasteiger partial charge in [-0.2, -0.15) is 0 Å². The fraction of sp³-hybridized carbons (Fsp3) is 0.154. The summed E-state index contributed by atoms with van der Waals surface area (Å²) in [7, 11) is 0. The number of hydrogen-bond donors (Lipinski definition) is 0. The van der Waals surface area contributed by atoms with Crippen molar-refractivity contribution in [3.8, 4) is 22.6 Å². The van der Waals surface area contributed by atoms with Crippen LogP contribution in [-0.4, -0.2) is 13.4 Å². The summed E-state index contributed by atoms with van der Waals surface area (Å²) in [4.78, 5) is 0. The van der Waals surface area contributed by atoms with Crippen molar-refractivity contribution in [1.29, 1.82) is 0 Å². The Bertz CT molecular complexity index is 3630. The van der Waals surface area contributed by atoms with Gasteiger partial charge in [0.1, 0.15) is 11.5 Å². The highest BCUT2D eigenvalue weighted by atomic mass is 19.2. The molecule has 0 aliphatic carbocycles. The minimum Gasteiger partial charge on any atom is -0.456 e. The van der Waals surface area contributed by atoms with Crippen molar-refractivity contribution in [2.45, 2.75) is 52.4 Å². The molecular weight excluding hydrogens is 1000 g/mol. The van der Waals surface area contributed by atoms with Crippen LogP contribution in [0.25, 0.3) is 32.7 Å². The molecule has 0 spiro atoms. The third kappa shape index (κ3) is 7.52. The lowest BCUT2D eigenvalue weighted by Crippen LogP contribution is -2.58. The van der Waals surface area contributed by atoms with Crippen LogP contribution >= 0.6 is 0 Å². The monoisotopic (exact) mass is 1030 g/mol. The zero-order valence-electron chi connectivity index (χ0n) is 38.1. The van der Waals surface area contributed by atoms with Crippen LogP contribution in [0.2, 0.25) is 0 Å². The normalized spacial score (nSPS) is 12.5. The second-order valence-corrected chi connectivity index (χ2v) is 19.4. The molecule has 0 unspecified atom stereocenters. The third-order valence-corrected chi connectivity index (χ3v) is 12.9. The van der Waals surface area contributed by atoms with E-state index in [1.807, 2.05) is 0 Å². The van der Waals surface area contributed by atoms with Gasteiger partial charge in [0.05, 0.1) is 0 Å². The molecule has 21 heteroatoms. The summed E-state index contributed by atoms with van der Waals surface area (Å²) in [6.45, 7) is 1.44. The molecule has 8 aromatic rings. The van der Waals surface area contributed by atoms with Crippen LogP contribution in [0.4, 0.5) is 79.0 Å². The summed E-state index contributed by atoms with van der Waals surface area (Å²) < 4.78 is 286. The van der Waals surface area contributed by atoms with Gasteiger partial charge in [0.25, 0.3) is 13.4 Å². The van der Waals surface area contributed by atoms with Crippen LogP contribution in [0.15, 0.2) is 60.7 Å². The Morgan fingerprint density at radius 2 is 0.685 bits per heavy atom. The molecule has 8 aromatic carbocycles. The van der Waals surface area contributed by atoms with Crippen molar-refractivity contribution in [2.24, 2.45) is 0 Å². The Kier molecular flexibility index (Phi) is 12.0. The van der Waals surface area contributed by atoms with E-state index in [4.69, 9.17) is 4.74 Å². The predicted molar refractivity (Wildman–Crippen MR) is 239 cm³/mol. The van der Waals surface area contributed by atoms with Crippen LogP contribution in [0.1, 0.15) is 52.7 Å². The Morgan fingerprint density at radius 1 is 0.329 bits per heavy atom. The van der Waals surface area contributed by atoms with Crippen molar-refractivity contribution in [3.05, 3.63) is 177 Å². The maximum absolute atomic E-state index is 16.3. The molecule has 0 saturated heterocycles. The molecular formula is C52H28B2F18O. The van der Waals surface area contributed by atoms with E-state index in [1.165, 1.54) is 65.8 Å². The van der Waals surface area contributed by atoms with Gasteiger partial charge in [0.2, 0.25) is 0 Å². The van der Waals surface area contributed by atoms with Gasteiger partial charge >= 0.3 is 0 Å². The molecule has 0 fully saturated rings. The van der Waals surface area contributed by atoms with Gasteiger partial charge in [0.15, 0.2) is 105 Å². The van der Waals surface area contributed by atoms with Crippen LogP contribution < -0.4 is 37.5 Å². The van der Waals surface area contributed by atoms with Crippen LogP contribution in [-0.2, 0) is 10.8 Å². The number of ether oxygens (including phenoxy) is 1. The summed E-state index contributed by atoms with van der Waals surface area (Å²) in [6, 6.07) is 11.3. The summed E-state index contributed by atoms with van der Waals surface area (Å²) in [6.07, 6.45) is 0. The first-order chi connectivity index (χ1) is 34.0. The van der Waals surface area contributed by atoms with Gasteiger partial charge in [-0.3, -0.25) is 0 Å². The number of rotatable bonds is 6. The first kappa shape index (κ1) is 50.9. The summed E-state index contributed by atoms with van der Waals surface area (Å²) in [5.41, 5.74) is -14.1. The van der Waals surface area contributed by atoms with Crippen molar-refractivity contribution < 1.29 is 83.8 Å². The highest BCUT2D eigenvalue weighted by molar-refractivity contribution is 6.96. The lowest BCUT2D eigenvalue weighted by molar-refractivity contribution is 0.384. The Labute approximate surface area is 402 Å². The molecule has 1 aliphatic heterocycles. The van der Waals surface area contributed by atoms with E-state index in [9.17, 15) is 26.3 Å². The number of hydrogen-bond acceptors (Lipinski definition) is 1. The molecule has 9 rings (SSSR count). The molecule has 1 nitrogen and oxygen atoms in total.